The first-order chi connectivity index (χ1) is 10.6. The molecule has 1 amide bonds. The first kappa shape index (κ1) is 15.9. The number of carbonyl (C=O) groups is 1. The summed E-state index contributed by atoms with van der Waals surface area (Å²) >= 11 is 0. The van der Waals surface area contributed by atoms with E-state index in [0.717, 1.165) is 5.56 Å². The Balaban J connectivity index is 2.07. The van der Waals surface area contributed by atoms with Gasteiger partial charge < -0.3 is 10.1 Å². The summed E-state index contributed by atoms with van der Waals surface area (Å²) in [4.78, 5) is 23.0. The fourth-order valence-electron chi connectivity index (χ4n) is 2.03. The number of ether oxygens (including phenoxy) is 1. The molecule has 0 aliphatic rings. The number of anilines is 1. The van der Waals surface area contributed by atoms with Crippen LogP contribution in [0.1, 0.15) is 20.3 Å². The average Bonchev–Trinajstić information content (AvgIpc) is 2.54. The van der Waals surface area contributed by atoms with Crippen molar-refractivity contribution in [1.82, 2.24) is 10.2 Å². The molecule has 1 aromatic heterocycles. The van der Waals surface area contributed by atoms with Crippen molar-refractivity contribution in [2.45, 2.75) is 26.4 Å². The summed E-state index contributed by atoms with van der Waals surface area (Å²) in [6, 6.07) is 10.3. The van der Waals surface area contributed by atoms with Crippen molar-refractivity contribution in [3.8, 4) is 11.3 Å². The zero-order valence-corrected chi connectivity index (χ0v) is 12.6. The van der Waals surface area contributed by atoms with Gasteiger partial charge in [0.2, 0.25) is 0 Å². The quantitative estimate of drug-likeness (QED) is 0.856. The third-order valence-electron chi connectivity index (χ3n) is 3.16. The average molecular weight is 301 g/mol. The number of aromatic amines is 1. The van der Waals surface area contributed by atoms with E-state index in [1.54, 1.807) is 18.2 Å². The molecule has 2 aromatic rings. The van der Waals surface area contributed by atoms with Gasteiger partial charge in [-0.05, 0) is 31.5 Å². The number of nitrogens with one attached hydrogen (secondary N) is 2. The Hall–Kier alpha value is -2.47. The highest BCUT2D eigenvalue weighted by molar-refractivity contribution is 5.94. The lowest BCUT2D eigenvalue weighted by Crippen LogP contribution is -2.29. The standard InChI is InChI=1S/C16H19N3O3/c1-3-14(22-4-2)16(21)17-12-7-5-11(6-8-12)13-9-10-15(20)19-18-13/h5-10,14H,3-4H2,1-2H3,(H,17,21)(H,19,20). The van der Waals surface area contributed by atoms with Gasteiger partial charge in [-0.2, -0.15) is 5.10 Å². The first-order valence-electron chi connectivity index (χ1n) is 7.22. The molecule has 0 aliphatic carbocycles. The van der Waals surface area contributed by atoms with E-state index in [1.165, 1.54) is 6.07 Å². The van der Waals surface area contributed by atoms with Crippen molar-refractivity contribution in [2.75, 3.05) is 11.9 Å². The Labute approximate surface area is 128 Å². The molecule has 0 bridgehead atoms. The zero-order valence-electron chi connectivity index (χ0n) is 12.6. The normalized spacial score (nSPS) is 11.9. The van der Waals surface area contributed by atoms with Crippen LogP contribution in [0.25, 0.3) is 11.3 Å². The summed E-state index contributed by atoms with van der Waals surface area (Å²) in [7, 11) is 0. The molecule has 116 valence electrons. The van der Waals surface area contributed by atoms with E-state index in [0.29, 0.717) is 24.4 Å². The van der Waals surface area contributed by atoms with Crippen molar-refractivity contribution in [3.05, 3.63) is 46.8 Å². The Morgan fingerprint density at radius 1 is 1.23 bits per heavy atom. The van der Waals surface area contributed by atoms with Crippen molar-refractivity contribution in [1.29, 1.82) is 0 Å². The third kappa shape index (κ3) is 4.02. The van der Waals surface area contributed by atoms with Crippen LogP contribution in [0.2, 0.25) is 0 Å². The van der Waals surface area contributed by atoms with E-state index in [4.69, 9.17) is 4.74 Å². The van der Waals surface area contributed by atoms with Crippen LogP contribution in [0.15, 0.2) is 41.2 Å². The van der Waals surface area contributed by atoms with Gasteiger partial charge in [-0.1, -0.05) is 19.1 Å². The van der Waals surface area contributed by atoms with Crippen molar-refractivity contribution >= 4 is 11.6 Å². The Morgan fingerprint density at radius 2 is 1.95 bits per heavy atom. The van der Waals surface area contributed by atoms with Gasteiger partial charge >= 0.3 is 0 Å². The molecule has 1 heterocycles. The van der Waals surface area contributed by atoms with E-state index in [1.807, 2.05) is 26.0 Å². The highest BCUT2D eigenvalue weighted by Crippen LogP contribution is 2.18. The monoisotopic (exact) mass is 301 g/mol. The van der Waals surface area contributed by atoms with Crippen LogP contribution >= 0.6 is 0 Å². The maximum atomic E-state index is 12.0. The largest absolute Gasteiger partial charge is 0.369 e. The second kappa shape index (κ2) is 7.51. The van der Waals surface area contributed by atoms with Gasteiger partial charge in [0, 0.05) is 23.9 Å². The SMILES string of the molecule is CCOC(CC)C(=O)Nc1ccc(-c2ccc(=O)[nH]n2)cc1. The minimum atomic E-state index is -0.439. The van der Waals surface area contributed by atoms with Crippen LogP contribution < -0.4 is 10.9 Å². The number of amides is 1. The lowest BCUT2D eigenvalue weighted by molar-refractivity contribution is -0.127. The van der Waals surface area contributed by atoms with E-state index in [9.17, 15) is 9.59 Å². The van der Waals surface area contributed by atoms with Gasteiger partial charge in [0.1, 0.15) is 6.10 Å². The van der Waals surface area contributed by atoms with Crippen LogP contribution in [0, 0.1) is 0 Å². The Kier molecular flexibility index (Phi) is 5.43. The number of hydrogen-bond donors (Lipinski definition) is 2. The number of carbonyl (C=O) groups excluding carboxylic acids is 1. The molecule has 0 radical (unpaired) electrons. The maximum absolute atomic E-state index is 12.0. The van der Waals surface area contributed by atoms with E-state index < -0.39 is 6.10 Å². The number of hydrogen-bond acceptors (Lipinski definition) is 4. The van der Waals surface area contributed by atoms with Crippen LogP contribution in [0.3, 0.4) is 0 Å². The fraction of sp³-hybridized carbons (Fsp3) is 0.312. The zero-order chi connectivity index (χ0) is 15.9. The Bertz CT molecular complexity index is 659. The van der Waals surface area contributed by atoms with E-state index >= 15 is 0 Å². The summed E-state index contributed by atoms with van der Waals surface area (Å²) in [5, 5.41) is 9.17. The minimum absolute atomic E-state index is 0.153. The second-order valence-corrected chi connectivity index (χ2v) is 4.73. The molecule has 2 rings (SSSR count). The highest BCUT2D eigenvalue weighted by atomic mass is 16.5. The van der Waals surface area contributed by atoms with Gasteiger partial charge in [0.25, 0.3) is 11.5 Å². The summed E-state index contributed by atoms with van der Waals surface area (Å²) in [6.45, 7) is 4.27. The molecule has 1 unspecified atom stereocenters. The number of nitrogens with zero attached hydrogens (tertiary/aromatic N) is 1. The first-order valence-corrected chi connectivity index (χ1v) is 7.22. The molecule has 0 saturated carbocycles. The number of rotatable bonds is 6. The second-order valence-electron chi connectivity index (χ2n) is 4.73. The van der Waals surface area contributed by atoms with Crippen LogP contribution in [-0.2, 0) is 9.53 Å². The Morgan fingerprint density at radius 3 is 2.50 bits per heavy atom. The predicted octanol–water partition coefficient (Wildman–Crippen LogP) is 2.19. The summed E-state index contributed by atoms with van der Waals surface area (Å²) in [5.74, 6) is -0.153. The van der Waals surface area contributed by atoms with Crippen LogP contribution in [0.5, 0.6) is 0 Å². The van der Waals surface area contributed by atoms with Gasteiger partial charge in [0.05, 0.1) is 5.69 Å². The number of H-pyrrole nitrogens is 1. The fourth-order valence-corrected chi connectivity index (χ4v) is 2.03. The summed E-state index contributed by atoms with van der Waals surface area (Å²) in [6.07, 6.45) is 0.185. The van der Waals surface area contributed by atoms with Gasteiger partial charge in [-0.15, -0.1) is 0 Å². The van der Waals surface area contributed by atoms with Crippen molar-refractivity contribution in [2.24, 2.45) is 0 Å². The molecule has 0 spiro atoms. The molecule has 2 N–H and O–H groups in total. The molecule has 1 aromatic carbocycles. The molecule has 6 nitrogen and oxygen atoms in total. The van der Waals surface area contributed by atoms with Crippen molar-refractivity contribution < 1.29 is 9.53 Å². The number of benzene rings is 1. The van der Waals surface area contributed by atoms with Crippen LogP contribution in [0.4, 0.5) is 5.69 Å². The van der Waals surface area contributed by atoms with E-state index in [2.05, 4.69) is 15.5 Å². The van der Waals surface area contributed by atoms with E-state index in [-0.39, 0.29) is 11.5 Å². The lowest BCUT2D eigenvalue weighted by Gasteiger charge is -2.15. The molecule has 1 atom stereocenters. The smallest absolute Gasteiger partial charge is 0.264 e. The predicted molar refractivity (Wildman–Crippen MR) is 84.6 cm³/mol. The maximum Gasteiger partial charge on any atom is 0.264 e. The number of aromatic nitrogens is 2. The molecular formula is C16H19N3O3. The third-order valence-corrected chi connectivity index (χ3v) is 3.16. The summed E-state index contributed by atoms with van der Waals surface area (Å²) < 4.78 is 5.37. The molecule has 6 heteroatoms. The highest BCUT2D eigenvalue weighted by Gasteiger charge is 2.16. The lowest BCUT2D eigenvalue weighted by atomic mass is 10.1. The minimum Gasteiger partial charge on any atom is -0.369 e. The topological polar surface area (TPSA) is 84.1 Å². The van der Waals surface area contributed by atoms with Gasteiger partial charge in [-0.3, -0.25) is 9.59 Å². The van der Waals surface area contributed by atoms with Gasteiger partial charge in [0.15, 0.2) is 0 Å². The molecule has 0 aliphatic heterocycles. The molecular weight excluding hydrogens is 282 g/mol. The summed E-state index contributed by atoms with van der Waals surface area (Å²) in [5.41, 5.74) is 1.97. The molecule has 0 fully saturated rings. The molecule has 22 heavy (non-hydrogen) atoms. The van der Waals surface area contributed by atoms with Crippen molar-refractivity contribution in [3.63, 3.8) is 0 Å². The molecule has 0 saturated heterocycles. The van der Waals surface area contributed by atoms with Gasteiger partial charge in [-0.25, -0.2) is 5.10 Å². The van der Waals surface area contributed by atoms with Crippen LogP contribution in [-0.4, -0.2) is 28.8 Å².